The van der Waals surface area contributed by atoms with E-state index < -0.39 is 0 Å². The van der Waals surface area contributed by atoms with Crippen LogP contribution in [0.5, 0.6) is 23.0 Å². The highest BCUT2D eigenvalue weighted by Gasteiger charge is 2.58. The first-order valence-electron chi connectivity index (χ1n) is 20.2. The summed E-state index contributed by atoms with van der Waals surface area (Å²) in [6, 6.07) is 58.4. The molecule has 0 bridgehead atoms. The first kappa shape index (κ1) is 34.2. The van der Waals surface area contributed by atoms with Crippen LogP contribution in [0.25, 0.3) is 27.8 Å². The van der Waals surface area contributed by atoms with Crippen molar-refractivity contribution in [1.82, 2.24) is 0 Å². The highest BCUT2D eigenvalue weighted by molar-refractivity contribution is 5.94. The van der Waals surface area contributed by atoms with Gasteiger partial charge < -0.3 is 14.4 Å². The monoisotopic (exact) mass is 747 g/mol. The molecule has 3 nitrogen and oxygen atoms in total. The van der Waals surface area contributed by atoms with Crippen molar-refractivity contribution in [3.05, 3.63) is 228 Å². The summed E-state index contributed by atoms with van der Waals surface area (Å²) >= 11 is 0. The molecular formula is C55H41NO2. The zero-order chi connectivity index (χ0) is 38.8. The van der Waals surface area contributed by atoms with Gasteiger partial charge in [0.25, 0.3) is 0 Å². The summed E-state index contributed by atoms with van der Waals surface area (Å²) in [4.78, 5) is 2.29. The molecule has 58 heavy (non-hydrogen) atoms. The van der Waals surface area contributed by atoms with Crippen molar-refractivity contribution in [3.63, 3.8) is 0 Å². The van der Waals surface area contributed by atoms with E-state index in [4.69, 9.17) is 9.47 Å². The lowest BCUT2D eigenvalue weighted by Gasteiger charge is -2.36. The Hall–Kier alpha value is -7.10. The molecule has 7 aromatic carbocycles. The topological polar surface area (TPSA) is 21.7 Å². The second-order valence-electron chi connectivity index (χ2n) is 15.5. The van der Waals surface area contributed by atoms with E-state index >= 15 is 0 Å². The maximum Gasteiger partial charge on any atom is 0.172 e. The average molecular weight is 748 g/mol. The fourth-order valence-corrected chi connectivity index (χ4v) is 10.1. The van der Waals surface area contributed by atoms with E-state index in [9.17, 15) is 0 Å². The summed E-state index contributed by atoms with van der Waals surface area (Å²) in [5.41, 5.74) is 15.4. The Morgan fingerprint density at radius 2 is 1.03 bits per heavy atom. The van der Waals surface area contributed by atoms with Crippen molar-refractivity contribution in [2.45, 2.75) is 25.2 Å². The fourth-order valence-electron chi connectivity index (χ4n) is 10.1. The summed E-state index contributed by atoms with van der Waals surface area (Å²) in [6.07, 6.45) is 13.8. The van der Waals surface area contributed by atoms with Gasteiger partial charge in [-0.05, 0) is 118 Å². The van der Waals surface area contributed by atoms with Gasteiger partial charge in [-0.2, -0.15) is 0 Å². The van der Waals surface area contributed by atoms with Crippen molar-refractivity contribution in [2.24, 2.45) is 5.92 Å². The molecule has 0 amide bonds. The van der Waals surface area contributed by atoms with Crippen LogP contribution in [0.4, 0.5) is 17.1 Å². The molecule has 0 fully saturated rings. The Labute approximate surface area is 340 Å². The van der Waals surface area contributed by atoms with Crippen LogP contribution in [0.1, 0.15) is 42.0 Å². The summed E-state index contributed by atoms with van der Waals surface area (Å²) < 4.78 is 13.7. The lowest BCUT2D eigenvalue weighted by Crippen LogP contribution is -2.33. The second kappa shape index (κ2) is 13.5. The number of hydrogen-bond acceptors (Lipinski definition) is 3. The van der Waals surface area contributed by atoms with E-state index in [-0.39, 0.29) is 17.3 Å². The minimum Gasteiger partial charge on any atom is -0.449 e. The molecule has 0 saturated heterocycles. The van der Waals surface area contributed by atoms with Crippen LogP contribution in [0.2, 0.25) is 0 Å². The van der Waals surface area contributed by atoms with E-state index in [1.807, 2.05) is 6.07 Å². The van der Waals surface area contributed by atoms with Crippen molar-refractivity contribution in [2.75, 3.05) is 4.90 Å². The van der Waals surface area contributed by atoms with Crippen LogP contribution in [0, 0.1) is 5.92 Å². The summed E-state index contributed by atoms with van der Waals surface area (Å²) in [7, 11) is 0. The smallest absolute Gasteiger partial charge is 0.172 e. The van der Waals surface area contributed by atoms with Crippen molar-refractivity contribution < 1.29 is 9.47 Å². The average Bonchev–Trinajstić information content (AvgIpc) is 3.74. The molecular weight excluding hydrogens is 707 g/mol. The molecule has 3 atom stereocenters. The van der Waals surface area contributed by atoms with Crippen LogP contribution in [0.15, 0.2) is 206 Å². The summed E-state index contributed by atoms with van der Waals surface area (Å²) in [6.45, 7) is 4.35. The van der Waals surface area contributed by atoms with E-state index in [1.54, 1.807) is 0 Å². The van der Waals surface area contributed by atoms with Gasteiger partial charge in [0.1, 0.15) is 0 Å². The summed E-state index contributed by atoms with van der Waals surface area (Å²) in [5.74, 6) is 3.32. The number of rotatable bonds is 5. The second-order valence-corrected chi connectivity index (χ2v) is 15.5. The van der Waals surface area contributed by atoms with Crippen LogP contribution < -0.4 is 14.4 Å². The van der Waals surface area contributed by atoms with Gasteiger partial charge in [0.05, 0.1) is 11.1 Å². The van der Waals surface area contributed by atoms with Crippen LogP contribution >= 0.6 is 0 Å². The van der Waals surface area contributed by atoms with E-state index in [2.05, 4.69) is 213 Å². The maximum atomic E-state index is 6.96. The van der Waals surface area contributed by atoms with Gasteiger partial charge in [-0.3, -0.25) is 0 Å². The van der Waals surface area contributed by atoms with E-state index in [0.717, 1.165) is 28.6 Å². The molecule has 278 valence electrons. The Morgan fingerprint density at radius 1 is 0.483 bits per heavy atom. The fraction of sp³-hybridized carbons (Fsp3) is 0.0909. The largest absolute Gasteiger partial charge is 0.449 e. The number of anilines is 3. The number of fused-ring (bicyclic) bond motifs is 9. The Bertz CT molecular complexity index is 2760. The quantitative estimate of drug-likeness (QED) is 0.175. The molecule has 1 spiro atoms. The van der Waals surface area contributed by atoms with Crippen LogP contribution in [-0.4, -0.2) is 0 Å². The SMILES string of the molecule is CC=C1/C(=C\C)C2(c3ccccc31)c1cc3c(cc1C1C=CC=CC12)Oc1ccc(N(c2ccc(-c4ccccc4)cc2)c2ccc(-c4ccccc4)cc2)cc1O3. The van der Waals surface area contributed by atoms with Crippen LogP contribution in [-0.2, 0) is 5.41 Å². The first-order chi connectivity index (χ1) is 28.6. The van der Waals surface area contributed by atoms with Crippen LogP contribution in [0.3, 0.4) is 0 Å². The number of hydrogen-bond donors (Lipinski definition) is 0. The van der Waals surface area contributed by atoms with Gasteiger partial charge in [0.2, 0.25) is 0 Å². The molecule has 1 aliphatic heterocycles. The zero-order valence-corrected chi connectivity index (χ0v) is 32.5. The first-order valence-corrected chi connectivity index (χ1v) is 20.2. The Balaban J connectivity index is 1.01. The molecule has 0 saturated carbocycles. The highest BCUT2D eigenvalue weighted by atomic mass is 16.6. The molecule has 11 rings (SSSR count). The number of benzene rings is 7. The normalized spacial score (nSPS) is 20.5. The molecule has 7 aromatic rings. The number of nitrogens with zero attached hydrogens (tertiary/aromatic N) is 1. The van der Waals surface area contributed by atoms with Crippen molar-refractivity contribution in [3.8, 4) is 45.3 Å². The zero-order valence-electron chi connectivity index (χ0n) is 32.5. The molecule has 3 heteroatoms. The molecule has 1 heterocycles. The predicted octanol–water partition coefficient (Wildman–Crippen LogP) is 14.9. The molecule has 3 aliphatic carbocycles. The van der Waals surface area contributed by atoms with Crippen molar-refractivity contribution >= 4 is 22.6 Å². The number of allylic oxidation sites excluding steroid dienone is 8. The minimum absolute atomic E-state index is 0.215. The predicted molar refractivity (Wildman–Crippen MR) is 238 cm³/mol. The lowest BCUT2D eigenvalue weighted by molar-refractivity contribution is 0.358. The maximum absolute atomic E-state index is 6.96. The Kier molecular flexibility index (Phi) is 7.97. The number of ether oxygens (including phenoxy) is 2. The molecule has 0 N–H and O–H groups in total. The minimum atomic E-state index is -0.344. The molecule has 4 aliphatic rings. The van der Waals surface area contributed by atoms with Gasteiger partial charge in [-0.1, -0.05) is 146 Å². The van der Waals surface area contributed by atoms with Gasteiger partial charge in [-0.25, -0.2) is 0 Å². The van der Waals surface area contributed by atoms with Gasteiger partial charge >= 0.3 is 0 Å². The van der Waals surface area contributed by atoms with Crippen molar-refractivity contribution in [1.29, 1.82) is 0 Å². The lowest BCUT2D eigenvalue weighted by atomic mass is 9.65. The third-order valence-corrected chi connectivity index (χ3v) is 12.6. The van der Waals surface area contributed by atoms with Gasteiger partial charge in [-0.15, -0.1) is 0 Å². The van der Waals surface area contributed by atoms with Gasteiger partial charge in [0.15, 0.2) is 23.0 Å². The van der Waals surface area contributed by atoms with E-state index in [0.29, 0.717) is 11.5 Å². The summed E-state index contributed by atoms with van der Waals surface area (Å²) in [5, 5.41) is 0. The third kappa shape index (κ3) is 5.13. The van der Waals surface area contributed by atoms with Gasteiger partial charge in [0, 0.05) is 29.3 Å². The highest BCUT2D eigenvalue weighted by Crippen LogP contribution is 2.67. The molecule has 0 aromatic heterocycles. The molecule has 3 unspecified atom stereocenters. The Morgan fingerprint density at radius 3 is 1.69 bits per heavy atom. The standard InChI is InChI=1S/C55H41NO2/c1-3-43-44-19-11-13-21-48(44)55(47(43)4-2)49-22-14-12-20-45(49)46-34-53-54(35-50(46)55)58-52-33-42(31-32-51(52)57-53)56(40-27-23-38(24-28-40)36-15-7-5-8-16-36)41-29-25-39(26-30-41)37-17-9-6-10-18-37/h3-35,45,49H,1-2H3/b43-3?,47-4+. The van der Waals surface area contributed by atoms with E-state index in [1.165, 1.54) is 55.7 Å². The third-order valence-electron chi connectivity index (χ3n) is 12.6. The molecule has 0 radical (unpaired) electrons.